The van der Waals surface area contributed by atoms with Crippen LogP contribution >= 0.6 is 15.9 Å². The van der Waals surface area contributed by atoms with E-state index < -0.39 is 0 Å². The standard InChI is InChI=1S/C19H28BrN/c1-15(2)21-14-19(16-8-4-5-9-17(16)20)12-18(13-19)10-6-3-7-11-18/h4-5,8-9,15,21H,3,6-7,10-14H2,1-2H3. The topological polar surface area (TPSA) is 12.0 Å². The molecule has 2 aliphatic carbocycles. The van der Waals surface area contributed by atoms with Gasteiger partial charge in [-0.2, -0.15) is 0 Å². The Kier molecular flexibility index (Phi) is 4.47. The monoisotopic (exact) mass is 349 g/mol. The number of hydrogen-bond acceptors (Lipinski definition) is 1. The lowest BCUT2D eigenvalue weighted by Gasteiger charge is -2.59. The summed E-state index contributed by atoms with van der Waals surface area (Å²) in [4.78, 5) is 0. The van der Waals surface area contributed by atoms with Gasteiger partial charge < -0.3 is 5.32 Å². The van der Waals surface area contributed by atoms with Crippen LogP contribution in [0.5, 0.6) is 0 Å². The predicted octanol–water partition coefficient (Wildman–Crippen LogP) is 5.43. The molecule has 116 valence electrons. The molecule has 0 aliphatic heterocycles. The molecule has 0 radical (unpaired) electrons. The SMILES string of the molecule is CC(C)NCC1(c2ccccc2Br)CC2(CCCCC2)C1. The summed E-state index contributed by atoms with van der Waals surface area (Å²) in [6, 6.07) is 9.43. The minimum absolute atomic E-state index is 0.349. The molecule has 1 nitrogen and oxygen atoms in total. The molecule has 1 aromatic rings. The van der Waals surface area contributed by atoms with Crippen LogP contribution in [0.1, 0.15) is 64.4 Å². The van der Waals surface area contributed by atoms with E-state index in [9.17, 15) is 0 Å². The molecular formula is C19H28BrN. The molecule has 1 aromatic carbocycles. The van der Waals surface area contributed by atoms with Crippen LogP contribution in [0, 0.1) is 5.41 Å². The lowest BCUT2D eigenvalue weighted by Crippen LogP contribution is -2.56. The number of halogens is 1. The zero-order valence-electron chi connectivity index (χ0n) is 13.4. The summed E-state index contributed by atoms with van der Waals surface area (Å²) in [6.07, 6.45) is 10.0. The van der Waals surface area contributed by atoms with Crippen LogP contribution in [0.15, 0.2) is 28.7 Å². The summed E-state index contributed by atoms with van der Waals surface area (Å²) in [5.74, 6) is 0. The molecule has 0 amide bonds. The molecule has 2 aliphatic rings. The quantitative estimate of drug-likeness (QED) is 0.764. The van der Waals surface area contributed by atoms with Gasteiger partial charge in [-0.15, -0.1) is 0 Å². The Bertz CT molecular complexity index is 480. The van der Waals surface area contributed by atoms with Crippen LogP contribution in [0.4, 0.5) is 0 Å². The van der Waals surface area contributed by atoms with E-state index in [1.54, 1.807) is 0 Å². The van der Waals surface area contributed by atoms with Gasteiger partial charge in [-0.3, -0.25) is 0 Å². The largest absolute Gasteiger partial charge is 0.314 e. The minimum atomic E-state index is 0.349. The highest BCUT2D eigenvalue weighted by Gasteiger charge is 2.55. The highest BCUT2D eigenvalue weighted by molar-refractivity contribution is 9.10. The Balaban J connectivity index is 1.82. The molecule has 0 atom stereocenters. The van der Waals surface area contributed by atoms with Gasteiger partial charge in [-0.25, -0.2) is 0 Å². The van der Waals surface area contributed by atoms with E-state index in [-0.39, 0.29) is 0 Å². The second kappa shape index (κ2) is 6.04. The number of benzene rings is 1. The van der Waals surface area contributed by atoms with E-state index in [2.05, 4.69) is 59.4 Å². The maximum atomic E-state index is 3.80. The first-order chi connectivity index (χ1) is 10.1. The van der Waals surface area contributed by atoms with Crippen molar-refractivity contribution in [3.05, 3.63) is 34.3 Å². The van der Waals surface area contributed by atoms with Crippen molar-refractivity contribution in [1.29, 1.82) is 0 Å². The molecule has 0 bridgehead atoms. The summed E-state index contributed by atoms with van der Waals surface area (Å²) in [7, 11) is 0. The van der Waals surface area contributed by atoms with E-state index >= 15 is 0 Å². The molecule has 0 saturated heterocycles. The Hall–Kier alpha value is -0.340. The third kappa shape index (κ3) is 3.07. The summed E-state index contributed by atoms with van der Waals surface area (Å²) in [5, 5.41) is 3.72. The van der Waals surface area contributed by atoms with Crippen molar-refractivity contribution in [3.63, 3.8) is 0 Å². The molecule has 1 N–H and O–H groups in total. The predicted molar refractivity (Wildman–Crippen MR) is 93.7 cm³/mol. The van der Waals surface area contributed by atoms with Crippen LogP contribution < -0.4 is 5.32 Å². The Morgan fingerprint density at radius 3 is 2.38 bits per heavy atom. The van der Waals surface area contributed by atoms with Crippen molar-refractivity contribution >= 4 is 15.9 Å². The van der Waals surface area contributed by atoms with Crippen molar-refractivity contribution in [2.45, 2.75) is 70.3 Å². The second-order valence-electron chi connectivity index (χ2n) is 7.71. The molecular weight excluding hydrogens is 322 g/mol. The average Bonchev–Trinajstić information content (AvgIpc) is 2.44. The number of hydrogen-bond donors (Lipinski definition) is 1. The van der Waals surface area contributed by atoms with Crippen molar-refractivity contribution in [3.8, 4) is 0 Å². The van der Waals surface area contributed by atoms with Gasteiger partial charge in [0, 0.05) is 22.5 Å². The molecule has 1 spiro atoms. The lowest BCUT2D eigenvalue weighted by molar-refractivity contribution is -0.0139. The van der Waals surface area contributed by atoms with Gasteiger partial charge >= 0.3 is 0 Å². The highest BCUT2D eigenvalue weighted by Crippen LogP contribution is 2.62. The van der Waals surface area contributed by atoms with Crippen molar-refractivity contribution < 1.29 is 0 Å². The second-order valence-corrected chi connectivity index (χ2v) is 8.56. The van der Waals surface area contributed by atoms with Crippen LogP contribution in [0.25, 0.3) is 0 Å². The van der Waals surface area contributed by atoms with Gasteiger partial charge in [0.1, 0.15) is 0 Å². The van der Waals surface area contributed by atoms with Crippen molar-refractivity contribution in [1.82, 2.24) is 5.32 Å². The summed E-state index contributed by atoms with van der Waals surface area (Å²) in [5.41, 5.74) is 2.53. The Morgan fingerprint density at radius 1 is 1.10 bits per heavy atom. The zero-order chi connectivity index (χ0) is 14.9. The third-order valence-corrected chi connectivity index (χ3v) is 6.33. The third-order valence-electron chi connectivity index (χ3n) is 5.63. The molecule has 2 heteroatoms. The van der Waals surface area contributed by atoms with Gasteiger partial charge in [0.05, 0.1) is 0 Å². The molecule has 3 rings (SSSR count). The maximum Gasteiger partial charge on any atom is 0.0213 e. The van der Waals surface area contributed by atoms with E-state index in [0.29, 0.717) is 16.9 Å². The highest BCUT2D eigenvalue weighted by atomic mass is 79.9. The van der Waals surface area contributed by atoms with Gasteiger partial charge in [-0.1, -0.05) is 67.2 Å². The summed E-state index contributed by atoms with van der Waals surface area (Å²) in [6.45, 7) is 5.63. The number of nitrogens with one attached hydrogen (secondary N) is 1. The molecule has 0 unspecified atom stereocenters. The first-order valence-electron chi connectivity index (χ1n) is 8.54. The van der Waals surface area contributed by atoms with E-state index in [4.69, 9.17) is 0 Å². The van der Waals surface area contributed by atoms with E-state index in [0.717, 1.165) is 6.54 Å². The van der Waals surface area contributed by atoms with Crippen molar-refractivity contribution in [2.24, 2.45) is 5.41 Å². The summed E-state index contributed by atoms with van der Waals surface area (Å²) < 4.78 is 1.29. The first kappa shape index (κ1) is 15.6. The fourth-order valence-corrected chi connectivity index (χ4v) is 5.45. The Labute approximate surface area is 138 Å². The fraction of sp³-hybridized carbons (Fsp3) is 0.684. The maximum absolute atomic E-state index is 3.80. The van der Waals surface area contributed by atoms with Crippen molar-refractivity contribution in [2.75, 3.05) is 6.54 Å². The number of rotatable bonds is 4. The van der Waals surface area contributed by atoms with Crippen LogP contribution in [-0.2, 0) is 5.41 Å². The molecule has 2 fully saturated rings. The van der Waals surface area contributed by atoms with E-state index in [1.165, 1.54) is 55.0 Å². The smallest absolute Gasteiger partial charge is 0.0213 e. The first-order valence-corrected chi connectivity index (χ1v) is 9.33. The minimum Gasteiger partial charge on any atom is -0.314 e. The summed E-state index contributed by atoms with van der Waals surface area (Å²) >= 11 is 3.80. The fourth-order valence-electron chi connectivity index (χ4n) is 4.74. The molecule has 21 heavy (non-hydrogen) atoms. The molecule has 0 heterocycles. The van der Waals surface area contributed by atoms with Crippen LogP contribution in [-0.4, -0.2) is 12.6 Å². The zero-order valence-corrected chi connectivity index (χ0v) is 15.0. The van der Waals surface area contributed by atoms with Gasteiger partial charge in [0.25, 0.3) is 0 Å². The van der Waals surface area contributed by atoms with Crippen LogP contribution in [0.3, 0.4) is 0 Å². The van der Waals surface area contributed by atoms with Gasteiger partial charge in [-0.05, 0) is 42.7 Å². The Morgan fingerprint density at radius 2 is 1.76 bits per heavy atom. The van der Waals surface area contributed by atoms with Gasteiger partial charge in [0.15, 0.2) is 0 Å². The molecule has 0 aromatic heterocycles. The van der Waals surface area contributed by atoms with Gasteiger partial charge in [0.2, 0.25) is 0 Å². The normalized spacial score (nSPS) is 23.2. The lowest BCUT2D eigenvalue weighted by atomic mass is 9.46. The average molecular weight is 350 g/mol. The molecule has 2 saturated carbocycles. The van der Waals surface area contributed by atoms with Crippen LogP contribution in [0.2, 0.25) is 0 Å². The van der Waals surface area contributed by atoms with E-state index in [1.807, 2.05) is 0 Å².